The van der Waals surface area contributed by atoms with E-state index in [9.17, 15) is 14.4 Å². The SMILES string of the molecule is CCCCCCCCCCCCCOC(=O)c1ccccc1N1C(=O)C2C3c4ccccc4C(c4ccccc43)C2C1=O. The number of hydrogen-bond acceptors (Lipinski definition) is 4. The average Bonchev–Trinajstić information content (AvgIpc) is 3.31. The third-order valence-electron chi connectivity index (χ3n) is 9.79. The Morgan fingerprint density at radius 3 is 1.51 bits per heavy atom. The molecular formula is C38H43NO4. The first-order valence-corrected chi connectivity index (χ1v) is 16.4. The summed E-state index contributed by atoms with van der Waals surface area (Å²) in [7, 11) is 0. The van der Waals surface area contributed by atoms with E-state index in [0.717, 1.165) is 41.5 Å². The minimum atomic E-state index is -0.484. The molecule has 1 heterocycles. The lowest BCUT2D eigenvalue weighted by Crippen LogP contribution is -2.41. The Hall–Kier alpha value is -3.73. The van der Waals surface area contributed by atoms with Crippen LogP contribution in [0.1, 0.15) is 122 Å². The first-order valence-electron chi connectivity index (χ1n) is 16.4. The molecule has 0 aromatic heterocycles. The number of para-hydroxylation sites is 1. The second kappa shape index (κ2) is 13.3. The van der Waals surface area contributed by atoms with Gasteiger partial charge in [-0.25, -0.2) is 9.69 Å². The third kappa shape index (κ3) is 5.55. The lowest BCUT2D eigenvalue weighted by atomic mass is 9.55. The molecule has 224 valence electrons. The highest BCUT2D eigenvalue weighted by molar-refractivity contribution is 6.25. The largest absolute Gasteiger partial charge is 0.462 e. The molecule has 7 rings (SSSR count). The molecule has 2 amide bonds. The molecule has 0 N–H and O–H groups in total. The topological polar surface area (TPSA) is 63.7 Å². The molecule has 2 bridgehead atoms. The van der Waals surface area contributed by atoms with Crippen molar-refractivity contribution in [3.63, 3.8) is 0 Å². The van der Waals surface area contributed by atoms with E-state index >= 15 is 0 Å². The normalized spacial score (nSPS) is 21.5. The second-order valence-corrected chi connectivity index (χ2v) is 12.5. The molecule has 3 aliphatic carbocycles. The number of ether oxygens (including phenoxy) is 1. The number of esters is 1. The Labute approximate surface area is 255 Å². The van der Waals surface area contributed by atoms with Gasteiger partial charge in [-0.2, -0.15) is 0 Å². The molecule has 5 heteroatoms. The van der Waals surface area contributed by atoms with Gasteiger partial charge in [-0.3, -0.25) is 9.59 Å². The summed E-state index contributed by atoms with van der Waals surface area (Å²) in [6, 6.07) is 23.3. The van der Waals surface area contributed by atoms with Crippen molar-refractivity contribution in [1.82, 2.24) is 0 Å². The van der Waals surface area contributed by atoms with E-state index in [1.165, 1.54) is 56.3 Å². The molecule has 0 spiro atoms. The second-order valence-electron chi connectivity index (χ2n) is 12.5. The lowest BCUT2D eigenvalue weighted by Gasteiger charge is -2.45. The van der Waals surface area contributed by atoms with Crippen LogP contribution in [0.2, 0.25) is 0 Å². The third-order valence-corrected chi connectivity index (χ3v) is 9.79. The van der Waals surface area contributed by atoms with Crippen molar-refractivity contribution >= 4 is 23.5 Å². The number of anilines is 1. The maximum absolute atomic E-state index is 14.2. The Bertz CT molecular complexity index is 1360. The van der Waals surface area contributed by atoms with E-state index in [0.29, 0.717) is 12.3 Å². The molecule has 4 aliphatic rings. The minimum absolute atomic E-state index is 0.177. The molecule has 3 aromatic carbocycles. The predicted octanol–water partition coefficient (Wildman–Crippen LogP) is 8.55. The summed E-state index contributed by atoms with van der Waals surface area (Å²) >= 11 is 0. The Balaban J connectivity index is 1.10. The van der Waals surface area contributed by atoms with Crippen molar-refractivity contribution in [1.29, 1.82) is 0 Å². The molecular weight excluding hydrogens is 534 g/mol. The van der Waals surface area contributed by atoms with Gasteiger partial charge in [-0.15, -0.1) is 0 Å². The van der Waals surface area contributed by atoms with Crippen LogP contribution in [-0.4, -0.2) is 24.4 Å². The van der Waals surface area contributed by atoms with Crippen molar-refractivity contribution in [2.24, 2.45) is 11.8 Å². The summed E-state index contributed by atoms with van der Waals surface area (Å²) in [6.45, 7) is 2.59. The van der Waals surface area contributed by atoms with Crippen LogP contribution in [-0.2, 0) is 14.3 Å². The first-order chi connectivity index (χ1) is 21.1. The number of rotatable bonds is 14. The zero-order valence-electron chi connectivity index (χ0n) is 25.3. The zero-order valence-corrected chi connectivity index (χ0v) is 25.3. The summed E-state index contributed by atoms with van der Waals surface area (Å²) in [4.78, 5) is 42.9. The number of carbonyl (C=O) groups is 3. The van der Waals surface area contributed by atoms with Crippen LogP contribution in [0.3, 0.4) is 0 Å². The quantitative estimate of drug-likeness (QED) is 0.109. The van der Waals surface area contributed by atoms with Crippen molar-refractivity contribution in [3.8, 4) is 0 Å². The maximum Gasteiger partial charge on any atom is 0.340 e. The fourth-order valence-corrected chi connectivity index (χ4v) is 7.76. The highest BCUT2D eigenvalue weighted by Crippen LogP contribution is 2.61. The van der Waals surface area contributed by atoms with Crippen LogP contribution in [0.5, 0.6) is 0 Å². The summed E-state index contributed by atoms with van der Waals surface area (Å²) < 4.78 is 5.67. The molecule has 1 saturated heterocycles. The maximum atomic E-state index is 14.2. The monoisotopic (exact) mass is 577 g/mol. The average molecular weight is 578 g/mol. The van der Waals surface area contributed by atoms with Crippen molar-refractivity contribution in [2.75, 3.05) is 11.5 Å². The number of nitrogens with zero attached hydrogens (tertiary/aromatic N) is 1. The highest BCUT2D eigenvalue weighted by atomic mass is 16.5. The molecule has 1 aliphatic heterocycles. The molecule has 1 fully saturated rings. The molecule has 2 atom stereocenters. The van der Waals surface area contributed by atoms with Crippen LogP contribution >= 0.6 is 0 Å². The number of imide groups is 1. The van der Waals surface area contributed by atoms with Crippen LogP contribution in [0.25, 0.3) is 0 Å². The minimum Gasteiger partial charge on any atom is -0.462 e. The predicted molar refractivity (Wildman–Crippen MR) is 169 cm³/mol. The van der Waals surface area contributed by atoms with E-state index in [-0.39, 0.29) is 29.2 Å². The zero-order chi connectivity index (χ0) is 29.8. The molecule has 2 unspecified atom stereocenters. The summed E-state index contributed by atoms with van der Waals surface area (Å²) in [5.74, 6) is -2.24. The Morgan fingerprint density at radius 1 is 0.605 bits per heavy atom. The van der Waals surface area contributed by atoms with Crippen molar-refractivity contribution in [3.05, 3.63) is 101 Å². The molecule has 0 saturated carbocycles. The summed E-state index contributed by atoms with van der Waals surface area (Å²) in [6.07, 6.45) is 13.5. The lowest BCUT2D eigenvalue weighted by molar-refractivity contribution is -0.122. The van der Waals surface area contributed by atoms with Gasteiger partial charge in [-0.1, -0.05) is 132 Å². The smallest absolute Gasteiger partial charge is 0.340 e. The van der Waals surface area contributed by atoms with Crippen molar-refractivity contribution < 1.29 is 19.1 Å². The van der Waals surface area contributed by atoms with Crippen LogP contribution in [0.15, 0.2) is 72.8 Å². The highest BCUT2D eigenvalue weighted by Gasteiger charge is 2.62. The van der Waals surface area contributed by atoms with E-state index < -0.39 is 17.8 Å². The van der Waals surface area contributed by atoms with Gasteiger partial charge in [0.1, 0.15) is 0 Å². The fraction of sp³-hybridized carbons (Fsp3) is 0.447. The van der Waals surface area contributed by atoms with Gasteiger partial charge in [-0.05, 0) is 40.8 Å². The van der Waals surface area contributed by atoms with Gasteiger partial charge in [0.2, 0.25) is 11.8 Å². The Morgan fingerprint density at radius 2 is 1.02 bits per heavy atom. The number of hydrogen-bond donors (Lipinski definition) is 0. The van der Waals surface area contributed by atoms with Gasteiger partial charge in [0, 0.05) is 11.8 Å². The van der Waals surface area contributed by atoms with Gasteiger partial charge < -0.3 is 4.74 Å². The molecule has 5 nitrogen and oxygen atoms in total. The van der Waals surface area contributed by atoms with E-state index in [2.05, 4.69) is 31.2 Å². The summed E-state index contributed by atoms with van der Waals surface area (Å²) in [5, 5.41) is 0. The Kier molecular flexibility index (Phi) is 9.06. The van der Waals surface area contributed by atoms with E-state index in [1.54, 1.807) is 24.3 Å². The fourth-order valence-electron chi connectivity index (χ4n) is 7.76. The number of unbranched alkanes of at least 4 members (excludes halogenated alkanes) is 10. The van der Waals surface area contributed by atoms with Crippen LogP contribution < -0.4 is 4.90 Å². The van der Waals surface area contributed by atoms with Crippen molar-refractivity contribution in [2.45, 2.75) is 89.4 Å². The van der Waals surface area contributed by atoms with Gasteiger partial charge in [0.25, 0.3) is 0 Å². The first kappa shape index (κ1) is 29.3. The number of amides is 2. The van der Waals surface area contributed by atoms with Crippen LogP contribution in [0, 0.1) is 11.8 Å². The number of benzene rings is 3. The standard InChI is InChI=1S/C38H43NO4/c1-2-3-4-5-6-7-8-9-10-11-18-25-43-38(42)30-23-16-17-24-31(30)39-36(40)34-32-26-19-12-13-20-27(26)33(35(34)37(39)41)29-22-15-14-21-28(29)32/h12-17,19-24,32-35H,2-11,18,25H2,1H3. The summed E-state index contributed by atoms with van der Waals surface area (Å²) in [5.41, 5.74) is 5.15. The molecule has 3 aromatic rings. The number of carbonyl (C=O) groups excluding carboxylic acids is 3. The van der Waals surface area contributed by atoms with Gasteiger partial charge in [0.05, 0.1) is 29.7 Å². The van der Waals surface area contributed by atoms with Gasteiger partial charge >= 0.3 is 5.97 Å². The molecule has 43 heavy (non-hydrogen) atoms. The van der Waals surface area contributed by atoms with E-state index in [1.807, 2.05) is 24.3 Å². The van der Waals surface area contributed by atoms with Gasteiger partial charge in [0.15, 0.2) is 0 Å². The van der Waals surface area contributed by atoms with Crippen LogP contribution in [0.4, 0.5) is 5.69 Å². The molecule has 0 radical (unpaired) electrons. The van der Waals surface area contributed by atoms with E-state index in [4.69, 9.17) is 4.74 Å².